The van der Waals surface area contributed by atoms with Crippen LogP contribution in [0.3, 0.4) is 0 Å². The van der Waals surface area contributed by atoms with E-state index in [1.54, 1.807) is 6.20 Å². The minimum Gasteiger partial charge on any atom is -0.481 e. The van der Waals surface area contributed by atoms with Crippen molar-refractivity contribution in [3.8, 4) is 0 Å². The molecule has 1 heterocycles. The van der Waals surface area contributed by atoms with Gasteiger partial charge in [0.1, 0.15) is 0 Å². The van der Waals surface area contributed by atoms with Crippen molar-refractivity contribution in [2.24, 2.45) is 0 Å². The van der Waals surface area contributed by atoms with Crippen molar-refractivity contribution < 1.29 is 9.90 Å². The van der Waals surface area contributed by atoms with Crippen LogP contribution < -0.4 is 5.32 Å². The Morgan fingerprint density at radius 3 is 2.82 bits per heavy atom. The molecular weight excluding hydrogens is 216 g/mol. The van der Waals surface area contributed by atoms with Crippen LogP contribution >= 0.6 is 0 Å². The molecule has 0 aliphatic heterocycles. The van der Waals surface area contributed by atoms with Gasteiger partial charge in [0.2, 0.25) is 0 Å². The van der Waals surface area contributed by atoms with Gasteiger partial charge in [0.15, 0.2) is 0 Å². The standard InChI is InChI=1S/C13H20N2O2/c16-13(17)7-2-1-4-9-14-11-8-12-6-3-5-10-15-12/h3,5-6,10,14H,1-2,4,7-9,11H2,(H,16,17). The Morgan fingerprint density at radius 2 is 2.12 bits per heavy atom. The highest BCUT2D eigenvalue weighted by molar-refractivity contribution is 5.66. The van der Waals surface area contributed by atoms with Crippen LogP contribution in [0.25, 0.3) is 0 Å². The van der Waals surface area contributed by atoms with Gasteiger partial charge in [-0.1, -0.05) is 12.5 Å². The maximum Gasteiger partial charge on any atom is 0.303 e. The average molecular weight is 236 g/mol. The Balaban J connectivity index is 1.90. The third-order valence-corrected chi connectivity index (χ3v) is 2.53. The molecule has 94 valence electrons. The van der Waals surface area contributed by atoms with E-state index in [-0.39, 0.29) is 6.42 Å². The highest BCUT2D eigenvalue weighted by Crippen LogP contribution is 1.98. The van der Waals surface area contributed by atoms with Gasteiger partial charge in [-0.25, -0.2) is 0 Å². The van der Waals surface area contributed by atoms with Crippen LogP contribution in [0.5, 0.6) is 0 Å². The van der Waals surface area contributed by atoms with Crippen molar-refractivity contribution >= 4 is 5.97 Å². The van der Waals surface area contributed by atoms with E-state index >= 15 is 0 Å². The SMILES string of the molecule is O=C(O)CCCCCNCCc1ccccn1. The van der Waals surface area contributed by atoms with Crippen LogP contribution in [0.2, 0.25) is 0 Å². The number of carboxylic acid groups (broad SMARTS) is 1. The third-order valence-electron chi connectivity index (χ3n) is 2.53. The van der Waals surface area contributed by atoms with Crippen molar-refractivity contribution in [3.63, 3.8) is 0 Å². The highest BCUT2D eigenvalue weighted by atomic mass is 16.4. The van der Waals surface area contributed by atoms with Gasteiger partial charge in [0.25, 0.3) is 0 Å². The molecule has 1 aromatic rings. The molecule has 2 N–H and O–H groups in total. The number of aliphatic carboxylic acids is 1. The van der Waals surface area contributed by atoms with E-state index in [0.717, 1.165) is 44.5 Å². The summed E-state index contributed by atoms with van der Waals surface area (Å²) in [6.07, 6.45) is 5.82. The monoisotopic (exact) mass is 236 g/mol. The summed E-state index contributed by atoms with van der Waals surface area (Å²) in [6.45, 7) is 1.88. The van der Waals surface area contributed by atoms with Gasteiger partial charge >= 0.3 is 5.97 Å². The van der Waals surface area contributed by atoms with Gasteiger partial charge in [0, 0.05) is 31.3 Å². The molecule has 0 atom stereocenters. The normalized spacial score (nSPS) is 10.4. The Labute approximate surface area is 102 Å². The van der Waals surface area contributed by atoms with Crippen LogP contribution in [0.15, 0.2) is 24.4 Å². The molecule has 0 aromatic carbocycles. The van der Waals surface area contributed by atoms with Crippen molar-refractivity contribution in [2.75, 3.05) is 13.1 Å². The van der Waals surface area contributed by atoms with Gasteiger partial charge in [-0.05, 0) is 31.5 Å². The van der Waals surface area contributed by atoms with E-state index in [0.29, 0.717) is 0 Å². The fraction of sp³-hybridized carbons (Fsp3) is 0.538. The number of carbonyl (C=O) groups is 1. The molecule has 0 unspecified atom stereocenters. The lowest BCUT2D eigenvalue weighted by Gasteiger charge is -2.03. The molecule has 0 aliphatic rings. The number of nitrogens with one attached hydrogen (secondary N) is 1. The van der Waals surface area contributed by atoms with Gasteiger partial charge in [-0.3, -0.25) is 9.78 Å². The maximum atomic E-state index is 10.3. The lowest BCUT2D eigenvalue weighted by atomic mass is 10.2. The quantitative estimate of drug-likeness (QED) is 0.642. The molecule has 17 heavy (non-hydrogen) atoms. The first-order valence-electron chi connectivity index (χ1n) is 6.11. The molecule has 1 aromatic heterocycles. The molecule has 0 aliphatic carbocycles. The molecule has 0 saturated carbocycles. The second-order valence-corrected chi connectivity index (χ2v) is 4.03. The zero-order valence-electron chi connectivity index (χ0n) is 10.1. The van der Waals surface area contributed by atoms with E-state index < -0.39 is 5.97 Å². The number of carboxylic acids is 1. The summed E-state index contributed by atoms with van der Waals surface area (Å²) in [7, 11) is 0. The Hall–Kier alpha value is -1.42. The summed E-state index contributed by atoms with van der Waals surface area (Å²) in [5, 5.41) is 11.8. The maximum absolute atomic E-state index is 10.3. The second kappa shape index (κ2) is 8.70. The first-order valence-corrected chi connectivity index (χ1v) is 6.11. The molecule has 0 amide bonds. The number of aromatic nitrogens is 1. The predicted octanol–water partition coefficient (Wildman–Crippen LogP) is 1.86. The number of unbranched alkanes of at least 4 members (excludes halogenated alkanes) is 2. The van der Waals surface area contributed by atoms with E-state index in [1.807, 2.05) is 18.2 Å². The molecule has 0 bridgehead atoms. The molecule has 4 nitrogen and oxygen atoms in total. The van der Waals surface area contributed by atoms with Crippen molar-refractivity contribution in [2.45, 2.75) is 32.1 Å². The number of hydrogen-bond donors (Lipinski definition) is 2. The summed E-state index contributed by atoms with van der Waals surface area (Å²) in [4.78, 5) is 14.5. The summed E-state index contributed by atoms with van der Waals surface area (Å²) >= 11 is 0. The van der Waals surface area contributed by atoms with E-state index in [4.69, 9.17) is 5.11 Å². The molecule has 1 rings (SSSR count). The Bertz CT molecular complexity index is 314. The zero-order chi connectivity index (χ0) is 12.3. The first kappa shape index (κ1) is 13.6. The number of pyridine rings is 1. The molecule has 0 radical (unpaired) electrons. The molecular formula is C13H20N2O2. The third kappa shape index (κ3) is 7.47. The van der Waals surface area contributed by atoms with Crippen molar-refractivity contribution in [1.82, 2.24) is 10.3 Å². The lowest BCUT2D eigenvalue weighted by Crippen LogP contribution is -2.18. The number of hydrogen-bond acceptors (Lipinski definition) is 3. The van der Waals surface area contributed by atoms with E-state index in [1.165, 1.54) is 0 Å². The molecule has 4 heteroatoms. The first-order chi connectivity index (χ1) is 8.29. The smallest absolute Gasteiger partial charge is 0.303 e. The van der Waals surface area contributed by atoms with Crippen molar-refractivity contribution in [1.29, 1.82) is 0 Å². The lowest BCUT2D eigenvalue weighted by molar-refractivity contribution is -0.137. The van der Waals surface area contributed by atoms with Crippen LogP contribution in [0.1, 0.15) is 31.4 Å². The Morgan fingerprint density at radius 1 is 1.24 bits per heavy atom. The van der Waals surface area contributed by atoms with E-state index in [2.05, 4.69) is 10.3 Å². The highest BCUT2D eigenvalue weighted by Gasteiger charge is 1.96. The van der Waals surface area contributed by atoms with Crippen molar-refractivity contribution in [3.05, 3.63) is 30.1 Å². The van der Waals surface area contributed by atoms with Crippen LogP contribution in [-0.2, 0) is 11.2 Å². The molecule has 0 spiro atoms. The largest absolute Gasteiger partial charge is 0.481 e. The van der Waals surface area contributed by atoms with E-state index in [9.17, 15) is 4.79 Å². The zero-order valence-corrected chi connectivity index (χ0v) is 10.1. The van der Waals surface area contributed by atoms with Crippen LogP contribution in [0, 0.1) is 0 Å². The molecule has 0 fully saturated rings. The fourth-order valence-electron chi connectivity index (χ4n) is 1.59. The molecule has 0 saturated heterocycles. The minimum atomic E-state index is -0.701. The van der Waals surface area contributed by atoms with Gasteiger partial charge < -0.3 is 10.4 Å². The summed E-state index contributed by atoms with van der Waals surface area (Å²) in [5.74, 6) is -0.701. The minimum absolute atomic E-state index is 0.286. The Kier molecular flexibility index (Phi) is 6.98. The van der Waals surface area contributed by atoms with Crippen LogP contribution in [0.4, 0.5) is 0 Å². The van der Waals surface area contributed by atoms with Gasteiger partial charge in [0.05, 0.1) is 0 Å². The van der Waals surface area contributed by atoms with Crippen LogP contribution in [-0.4, -0.2) is 29.1 Å². The number of nitrogens with zero attached hydrogens (tertiary/aromatic N) is 1. The average Bonchev–Trinajstić information content (AvgIpc) is 2.33. The summed E-state index contributed by atoms with van der Waals surface area (Å²) in [5.41, 5.74) is 1.10. The number of rotatable bonds is 9. The second-order valence-electron chi connectivity index (χ2n) is 4.03. The topological polar surface area (TPSA) is 62.2 Å². The summed E-state index contributed by atoms with van der Waals surface area (Å²) < 4.78 is 0. The fourth-order valence-corrected chi connectivity index (χ4v) is 1.59. The predicted molar refractivity (Wildman–Crippen MR) is 66.9 cm³/mol. The van der Waals surface area contributed by atoms with Gasteiger partial charge in [-0.2, -0.15) is 0 Å². The van der Waals surface area contributed by atoms with Gasteiger partial charge in [-0.15, -0.1) is 0 Å². The summed E-state index contributed by atoms with van der Waals surface area (Å²) in [6, 6.07) is 5.93.